The minimum Gasteiger partial charge on any atom is -0.465 e. The molecule has 3 aromatic rings. The van der Waals surface area contributed by atoms with Crippen LogP contribution in [0.2, 0.25) is 0 Å². The lowest BCUT2D eigenvalue weighted by Gasteiger charge is -2.12. The van der Waals surface area contributed by atoms with E-state index >= 15 is 0 Å². The number of carbonyl (C=O) groups excluding carboxylic acids is 1. The lowest BCUT2D eigenvalue weighted by Crippen LogP contribution is -2.06. The van der Waals surface area contributed by atoms with Crippen molar-refractivity contribution in [2.75, 3.05) is 17.7 Å². The van der Waals surface area contributed by atoms with Crippen molar-refractivity contribution in [1.82, 2.24) is 9.97 Å². The molecule has 0 aliphatic heterocycles. The zero-order valence-corrected chi connectivity index (χ0v) is 16.1. The van der Waals surface area contributed by atoms with Gasteiger partial charge in [0.1, 0.15) is 6.33 Å². The number of nitrogens with zero attached hydrogens (tertiary/aromatic N) is 3. The van der Waals surface area contributed by atoms with Gasteiger partial charge in [0.2, 0.25) is 11.6 Å². The lowest BCUT2D eigenvalue weighted by atomic mass is 10.1. The first-order chi connectivity index (χ1) is 13.9. The molecule has 2 N–H and O–H groups in total. The Morgan fingerprint density at radius 2 is 1.69 bits per heavy atom. The number of aryl methyl sites for hydroxylation is 2. The summed E-state index contributed by atoms with van der Waals surface area (Å²) >= 11 is 0. The van der Waals surface area contributed by atoms with E-state index < -0.39 is 10.9 Å². The number of aromatic nitrogens is 2. The Labute approximate surface area is 166 Å². The predicted molar refractivity (Wildman–Crippen MR) is 109 cm³/mol. The Hall–Kier alpha value is -4.01. The van der Waals surface area contributed by atoms with E-state index in [1.807, 2.05) is 32.0 Å². The number of benzene rings is 2. The van der Waals surface area contributed by atoms with Gasteiger partial charge in [-0.2, -0.15) is 0 Å². The number of nitro groups is 1. The normalized spacial score (nSPS) is 10.3. The van der Waals surface area contributed by atoms with Crippen molar-refractivity contribution in [3.63, 3.8) is 0 Å². The Bertz CT molecular complexity index is 1070. The van der Waals surface area contributed by atoms with Gasteiger partial charge >= 0.3 is 11.7 Å². The van der Waals surface area contributed by atoms with E-state index in [0.29, 0.717) is 11.3 Å². The third kappa shape index (κ3) is 4.46. The fourth-order valence-corrected chi connectivity index (χ4v) is 2.68. The first-order valence-electron chi connectivity index (χ1n) is 8.68. The van der Waals surface area contributed by atoms with Gasteiger partial charge in [0.15, 0.2) is 0 Å². The largest absolute Gasteiger partial charge is 0.465 e. The number of hydrogen-bond acceptors (Lipinski definition) is 8. The van der Waals surface area contributed by atoms with E-state index in [0.717, 1.165) is 16.8 Å². The summed E-state index contributed by atoms with van der Waals surface area (Å²) in [5.74, 6) is -0.361. The highest BCUT2D eigenvalue weighted by molar-refractivity contribution is 5.90. The van der Waals surface area contributed by atoms with Crippen LogP contribution in [0.3, 0.4) is 0 Å². The van der Waals surface area contributed by atoms with Crippen LogP contribution in [-0.2, 0) is 4.74 Å². The molecule has 9 nitrogen and oxygen atoms in total. The molecule has 0 saturated heterocycles. The minimum absolute atomic E-state index is 0.0311. The molecule has 0 bridgehead atoms. The molecule has 1 aromatic heterocycles. The van der Waals surface area contributed by atoms with E-state index in [1.165, 1.54) is 13.4 Å². The first kappa shape index (κ1) is 19.7. The standard InChI is InChI=1S/C20H19N5O4/c1-12-4-5-13(2)16(10-12)24-19-17(25(27)28)18(21-11-22-19)23-15-8-6-14(7-9-15)20(26)29-3/h4-11H,1-3H3,(H2,21,22,23,24). The van der Waals surface area contributed by atoms with Crippen molar-refractivity contribution >= 4 is 34.7 Å². The van der Waals surface area contributed by atoms with Gasteiger partial charge in [-0.1, -0.05) is 12.1 Å². The maximum absolute atomic E-state index is 11.7. The molecular weight excluding hydrogens is 374 g/mol. The number of methoxy groups -OCH3 is 1. The Balaban J connectivity index is 1.94. The van der Waals surface area contributed by atoms with E-state index in [9.17, 15) is 14.9 Å². The number of rotatable bonds is 6. The smallest absolute Gasteiger partial charge is 0.353 e. The molecular formula is C20H19N5O4. The topological polar surface area (TPSA) is 119 Å². The molecule has 0 aliphatic rings. The highest BCUT2D eigenvalue weighted by atomic mass is 16.6. The van der Waals surface area contributed by atoms with Crippen molar-refractivity contribution in [2.24, 2.45) is 0 Å². The number of nitrogens with one attached hydrogen (secondary N) is 2. The summed E-state index contributed by atoms with van der Waals surface area (Å²) in [5, 5.41) is 17.7. The second kappa shape index (κ2) is 8.34. The summed E-state index contributed by atoms with van der Waals surface area (Å²) < 4.78 is 4.66. The zero-order chi connectivity index (χ0) is 21.0. The van der Waals surface area contributed by atoms with E-state index in [1.54, 1.807) is 24.3 Å². The molecule has 3 rings (SSSR count). The minimum atomic E-state index is -0.543. The number of esters is 1. The van der Waals surface area contributed by atoms with Gasteiger partial charge in [0.05, 0.1) is 17.6 Å². The van der Waals surface area contributed by atoms with Crippen molar-refractivity contribution in [3.05, 3.63) is 75.6 Å². The van der Waals surface area contributed by atoms with E-state index in [-0.39, 0.29) is 17.3 Å². The van der Waals surface area contributed by atoms with Crippen LogP contribution in [0.15, 0.2) is 48.8 Å². The van der Waals surface area contributed by atoms with Crippen LogP contribution < -0.4 is 10.6 Å². The number of hydrogen-bond donors (Lipinski definition) is 2. The second-order valence-electron chi connectivity index (χ2n) is 6.31. The van der Waals surface area contributed by atoms with Gasteiger partial charge in [-0.3, -0.25) is 10.1 Å². The molecule has 0 saturated carbocycles. The van der Waals surface area contributed by atoms with Crippen LogP contribution in [0.25, 0.3) is 0 Å². The van der Waals surface area contributed by atoms with Crippen LogP contribution >= 0.6 is 0 Å². The number of ether oxygens (including phenoxy) is 1. The van der Waals surface area contributed by atoms with Crippen LogP contribution in [-0.4, -0.2) is 28.0 Å². The Morgan fingerprint density at radius 1 is 1.03 bits per heavy atom. The van der Waals surface area contributed by atoms with Gasteiger partial charge in [-0.15, -0.1) is 0 Å². The first-order valence-corrected chi connectivity index (χ1v) is 8.68. The van der Waals surface area contributed by atoms with Gasteiger partial charge in [-0.25, -0.2) is 14.8 Å². The molecule has 0 radical (unpaired) electrons. The summed E-state index contributed by atoms with van der Waals surface area (Å²) in [7, 11) is 1.29. The summed E-state index contributed by atoms with van der Waals surface area (Å²) in [6, 6.07) is 12.1. The Kier molecular flexibility index (Phi) is 5.68. The fraction of sp³-hybridized carbons (Fsp3) is 0.150. The highest BCUT2D eigenvalue weighted by Gasteiger charge is 2.24. The third-order valence-corrected chi connectivity index (χ3v) is 4.22. The van der Waals surface area contributed by atoms with Crippen LogP contribution in [0.4, 0.5) is 28.7 Å². The lowest BCUT2D eigenvalue weighted by molar-refractivity contribution is -0.383. The van der Waals surface area contributed by atoms with E-state index in [4.69, 9.17) is 0 Å². The average Bonchev–Trinajstić information content (AvgIpc) is 2.70. The molecule has 0 amide bonds. The molecule has 2 aromatic carbocycles. The zero-order valence-electron chi connectivity index (χ0n) is 16.1. The maximum Gasteiger partial charge on any atom is 0.353 e. The molecule has 9 heteroatoms. The van der Waals surface area contributed by atoms with Crippen molar-refractivity contribution in [3.8, 4) is 0 Å². The highest BCUT2D eigenvalue weighted by Crippen LogP contribution is 2.33. The second-order valence-corrected chi connectivity index (χ2v) is 6.31. The van der Waals surface area contributed by atoms with Crippen LogP contribution in [0, 0.1) is 24.0 Å². The molecule has 148 valence electrons. The van der Waals surface area contributed by atoms with Crippen LogP contribution in [0.1, 0.15) is 21.5 Å². The quantitative estimate of drug-likeness (QED) is 0.362. The van der Waals surface area contributed by atoms with Crippen molar-refractivity contribution in [1.29, 1.82) is 0 Å². The summed E-state index contributed by atoms with van der Waals surface area (Å²) in [4.78, 5) is 30.8. The van der Waals surface area contributed by atoms with Gasteiger partial charge in [0.25, 0.3) is 0 Å². The number of anilines is 4. The van der Waals surface area contributed by atoms with Crippen LogP contribution in [0.5, 0.6) is 0 Å². The SMILES string of the molecule is COC(=O)c1ccc(Nc2ncnc(Nc3cc(C)ccc3C)c2[N+](=O)[O-])cc1. The van der Waals surface area contributed by atoms with E-state index in [2.05, 4.69) is 25.3 Å². The maximum atomic E-state index is 11.7. The third-order valence-electron chi connectivity index (χ3n) is 4.22. The monoisotopic (exact) mass is 393 g/mol. The van der Waals surface area contributed by atoms with Gasteiger partial charge in [0, 0.05) is 11.4 Å². The van der Waals surface area contributed by atoms with Crippen molar-refractivity contribution in [2.45, 2.75) is 13.8 Å². The van der Waals surface area contributed by atoms with Gasteiger partial charge < -0.3 is 15.4 Å². The molecule has 0 atom stereocenters. The molecule has 0 unspecified atom stereocenters. The molecule has 0 fully saturated rings. The summed E-state index contributed by atoms with van der Waals surface area (Å²) in [6.45, 7) is 3.83. The summed E-state index contributed by atoms with van der Waals surface area (Å²) in [5.41, 5.74) is 3.27. The fourth-order valence-electron chi connectivity index (χ4n) is 2.68. The predicted octanol–water partition coefficient (Wildman–Crippen LogP) is 4.28. The molecule has 0 aliphatic carbocycles. The summed E-state index contributed by atoms with van der Waals surface area (Å²) in [6.07, 6.45) is 1.24. The Morgan fingerprint density at radius 3 is 2.31 bits per heavy atom. The molecule has 29 heavy (non-hydrogen) atoms. The number of carbonyl (C=O) groups is 1. The van der Waals surface area contributed by atoms with Gasteiger partial charge in [-0.05, 0) is 55.3 Å². The molecule has 0 spiro atoms. The molecule has 1 heterocycles. The average molecular weight is 393 g/mol. The van der Waals surface area contributed by atoms with Crippen molar-refractivity contribution < 1.29 is 14.5 Å².